The maximum absolute atomic E-state index is 11.5. The molecule has 0 amide bonds. The van der Waals surface area contributed by atoms with Gasteiger partial charge < -0.3 is 9.67 Å². The number of carbonyl (C=O) groups is 2. The van der Waals surface area contributed by atoms with E-state index in [2.05, 4.69) is 4.98 Å². The summed E-state index contributed by atoms with van der Waals surface area (Å²) in [6, 6.07) is 4.99. The van der Waals surface area contributed by atoms with Crippen LogP contribution in [0.5, 0.6) is 0 Å². The second-order valence-corrected chi connectivity index (χ2v) is 3.80. The molecule has 0 aliphatic rings. The van der Waals surface area contributed by atoms with Crippen LogP contribution in [-0.2, 0) is 11.3 Å². The van der Waals surface area contributed by atoms with Gasteiger partial charge in [-0.15, -0.1) is 0 Å². The molecule has 6 nitrogen and oxygen atoms in total. The molecular weight excluding hydrogens is 234 g/mol. The number of carboxylic acid groups (broad SMARTS) is 1. The Balaban J connectivity index is 2.73. The van der Waals surface area contributed by atoms with E-state index in [4.69, 9.17) is 10.4 Å². The van der Waals surface area contributed by atoms with Crippen molar-refractivity contribution in [3.63, 3.8) is 0 Å². The number of pyridine rings is 1. The van der Waals surface area contributed by atoms with E-state index in [1.165, 1.54) is 23.8 Å². The molecule has 0 spiro atoms. The van der Waals surface area contributed by atoms with E-state index >= 15 is 0 Å². The number of carboxylic acids is 1. The van der Waals surface area contributed by atoms with Crippen molar-refractivity contribution in [2.45, 2.75) is 13.5 Å². The molecule has 0 aromatic carbocycles. The number of hydrogen-bond acceptors (Lipinski definition) is 4. The largest absolute Gasteiger partial charge is 0.480 e. The molecule has 0 saturated carbocycles. The third-order valence-corrected chi connectivity index (χ3v) is 2.52. The molecule has 1 N–H and O–H groups in total. The molecule has 2 aromatic rings. The standard InChI is InChI=1S/C12H9N3O3/c1-7(16)10-5-15(6-11(17)18)12-9(10)3-2-8(4-13)14-12/h2-3,5H,6H2,1H3,(H,17,18). The summed E-state index contributed by atoms with van der Waals surface area (Å²) in [5.74, 6) is -1.21. The van der Waals surface area contributed by atoms with Crippen molar-refractivity contribution in [2.75, 3.05) is 0 Å². The van der Waals surface area contributed by atoms with Gasteiger partial charge >= 0.3 is 5.97 Å². The number of Topliss-reactive ketones (excluding diaryl/α,β-unsaturated/α-hetero) is 1. The highest BCUT2D eigenvalue weighted by Crippen LogP contribution is 2.20. The molecule has 90 valence electrons. The van der Waals surface area contributed by atoms with Gasteiger partial charge in [-0.25, -0.2) is 4.98 Å². The van der Waals surface area contributed by atoms with Crippen molar-refractivity contribution in [1.29, 1.82) is 5.26 Å². The summed E-state index contributed by atoms with van der Waals surface area (Å²) in [5.41, 5.74) is 0.923. The predicted molar refractivity (Wildman–Crippen MR) is 62.1 cm³/mol. The Bertz CT molecular complexity index is 694. The fourth-order valence-corrected chi connectivity index (χ4v) is 1.77. The summed E-state index contributed by atoms with van der Waals surface area (Å²) in [4.78, 5) is 26.2. The van der Waals surface area contributed by atoms with Gasteiger partial charge in [0.25, 0.3) is 0 Å². The molecule has 18 heavy (non-hydrogen) atoms. The van der Waals surface area contributed by atoms with Crippen molar-refractivity contribution in [3.8, 4) is 6.07 Å². The number of fused-ring (bicyclic) bond motifs is 1. The van der Waals surface area contributed by atoms with Crippen LogP contribution in [0.2, 0.25) is 0 Å². The van der Waals surface area contributed by atoms with Crippen LogP contribution < -0.4 is 0 Å². The first-order valence-electron chi connectivity index (χ1n) is 5.15. The van der Waals surface area contributed by atoms with E-state index in [-0.39, 0.29) is 18.0 Å². The quantitative estimate of drug-likeness (QED) is 0.817. The van der Waals surface area contributed by atoms with Gasteiger partial charge in [0.05, 0.1) is 0 Å². The summed E-state index contributed by atoms with van der Waals surface area (Å²) < 4.78 is 1.36. The van der Waals surface area contributed by atoms with Crippen molar-refractivity contribution >= 4 is 22.8 Å². The normalized spacial score (nSPS) is 10.2. The summed E-state index contributed by atoms with van der Waals surface area (Å²) in [7, 11) is 0. The molecule has 6 heteroatoms. The number of aliphatic carboxylic acids is 1. The number of hydrogen-bond donors (Lipinski definition) is 1. The maximum Gasteiger partial charge on any atom is 0.323 e. The fourth-order valence-electron chi connectivity index (χ4n) is 1.77. The highest BCUT2D eigenvalue weighted by atomic mass is 16.4. The first-order valence-corrected chi connectivity index (χ1v) is 5.15. The van der Waals surface area contributed by atoms with Gasteiger partial charge in [-0.1, -0.05) is 0 Å². The van der Waals surface area contributed by atoms with Crippen molar-refractivity contribution in [3.05, 3.63) is 29.6 Å². The van der Waals surface area contributed by atoms with Crippen LogP contribution in [-0.4, -0.2) is 26.4 Å². The monoisotopic (exact) mass is 243 g/mol. The number of aromatic nitrogens is 2. The van der Waals surface area contributed by atoms with Crippen LogP contribution in [0.25, 0.3) is 11.0 Å². The number of nitriles is 1. The Morgan fingerprint density at radius 3 is 2.78 bits per heavy atom. The third-order valence-electron chi connectivity index (χ3n) is 2.52. The minimum absolute atomic E-state index is 0.171. The molecule has 0 fully saturated rings. The highest BCUT2D eigenvalue weighted by molar-refractivity contribution is 6.06. The van der Waals surface area contributed by atoms with Crippen LogP contribution in [0.1, 0.15) is 23.0 Å². The second-order valence-electron chi connectivity index (χ2n) is 3.80. The molecule has 0 radical (unpaired) electrons. The Kier molecular flexibility index (Phi) is 2.81. The highest BCUT2D eigenvalue weighted by Gasteiger charge is 2.15. The van der Waals surface area contributed by atoms with E-state index in [0.29, 0.717) is 16.6 Å². The van der Waals surface area contributed by atoms with Crippen LogP contribution in [0.15, 0.2) is 18.3 Å². The molecule has 0 unspecified atom stereocenters. The molecular formula is C12H9N3O3. The Hall–Kier alpha value is -2.68. The maximum atomic E-state index is 11.5. The first-order chi connectivity index (χ1) is 8.52. The van der Waals surface area contributed by atoms with Gasteiger partial charge in [0.15, 0.2) is 5.78 Å². The van der Waals surface area contributed by atoms with Crippen LogP contribution in [0.4, 0.5) is 0 Å². The lowest BCUT2D eigenvalue weighted by Crippen LogP contribution is -2.08. The van der Waals surface area contributed by atoms with Gasteiger partial charge in [0.2, 0.25) is 0 Å². The zero-order valence-electron chi connectivity index (χ0n) is 9.54. The van der Waals surface area contributed by atoms with Crippen molar-refractivity contribution in [1.82, 2.24) is 9.55 Å². The number of nitrogens with zero attached hydrogens (tertiary/aromatic N) is 3. The topological polar surface area (TPSA) is 96.0 Å². The zero-order chi connectivity index (χ0) is 13.3. The van der Waals surface area contributed by atoms with E-state index in [9.17, 15) is 9.59 Å². The molecule has 0 aliphatic heterocycles. The SMILES string of the molecule is CC(=O)c1cn(CC(=O)O)c2nc(C#N)ccc12. The Morgan fingerprint density at radius 2 is 2.22 bits per heavy atom. The third kappa shape index (κ3) is 1.94. The van der Waals surface area contributed by atoms with Gasteiger partial charge in [0.1, 0.15) is 24.0 Å². The summed E-state index contributed by atoms with van der Waals surface area (Å²) >= 11 is 0. The molecule has 0 atom stereocenters. The van der Waals surface area contributed by atoms with Crippen LogP contribution in [0.3, 0.4) is 0 Å². The van der Waals surface area contributed by atoms with Gasteiger partial charge in [-0.3, -0.25) is 9.59 Å². The smallest absolute Gasteiger partial charge is 0.323 e. The predicted octanol–water partition coefficient (Wildman–Crippen LogP) is 1.20. The average Bonchev–Trinajstić information content (AvgIpc) is 2.67. The summed E-state index contributed by atoms with van der Waals surface area (Å²) in [6.07, 6.45) is 1.45. The Morgan fingerprint density at radius 1 is 1.50 bits per heavy atom. The lowest BCUT2D eigenvalue weighted by molar-refractivity contribution is -0.137. The number of carbonyl (C=O) groups excluding carboxylic acids is 1. The summed E-state index contributed by atoms with van der Waals surface area (Å²) in [5, 5.41) is 18.1. The van der Waals surface area contributed by atoms with E-state index in [1.807, 2.05) is 6.07 Å². The molecule has 0 bridgehead atoms. The number of ketones is 1. The second kappa shape index (κ2) is 4.30. The van der Waals surface area contributed by atoms with Crippen molar-refractivity contribution in [2.24, 2.45) is 0 Å². The van der Waals surface area contributed by atoms with E-state index in [0.717, 1.165) is 0 Å². The first kappa shape index (κ1) is 11.8. The minimum atomic E-state index is -1.04. The van der Waals surface area contributed by atoms with Gasteiger partial charge in [-0.05, 0) is 19.1 Å². The van der Waals surface area contributed by atoms with Gasteiger partial charge in [-0.2, -0.15) is 5.26 Å². The average molecular weight is 243 g/mol. The molecule has 0 saturated heterocycles. The van der Waals surface area contributed by atoms with E-state index < -0.39 is 5.97 Å². The van der Waals surface area contributed by atoms with E-state index in [1.54, 1.807) is 6.07 Å². The van der Waals surface area contributed by atoms with Crippen molar-refractivity contribution < 1.29 is 14.7 Å². The molecule has 0 aliphatic carbocycles. The molecule has 2 rings (SSSR count). The fraction of sp³-hybridized carbons (Fsp3) is 0.167. The lowest BCUT2D eigenvalue weighted by Gasteiger charge is -1.99. The molecule has 2 aromatic heterocycles. The van der Waals surface area contributed by atoms with Crippen LogP contribution >= 0.6 is 0 Å². The lowest BCUT2D eigenvalue weighted by atomic mass is 10.1. The van der Waals surface area contributed by atoms with Crippen LogP contribution in [0, 0.1) is 11.3 Å². The minimum Gasteiger partial charge on any atom is -0.480 e. The Labute approximate surface area is 102 Å². The van der Waals surface area contributed by atoms with Gasteiger partial charge in [0, 0.05) is 17.1 Å². The zero-order valence-corrected chi connectivity index (χ0v) is 9.54. The summed E-state index contributed by atoms with van der Waals surface area (Å²) in [6.45, 7) is 1.10. The number of rotatable bonds is 3. The molecule has 2 heterocycles.